The molecule has 0 amide bonds. The molecule has 13 heavy (non-hydrogen) atoms. The Balaban J connectivity index is 0. The second-order valence-electron chi connectivity index (χ2n) is 2.66. The average molecular weight is 271 g/mol. The van der Waals surface area contributed by atoms with Crippen LogP contribution in [-0.2, 0) is 24.3 Å². The maximum Gasteiger partial charge on any atom is 0.300 e. The largest absolute Gasteiger partial charge is 0.481 e. The van der Waals surface area contributed by atoms with Gasteiger partial charge in [0.25, 0.3) is 5.97 Å². The van der Waals surface area contributed by atoms with Crippen molar-refractivity contribution >= 4 is 5.97 Å². The predicted octanol–water partition coefficient (Wildman–Crippen LogP) is 2.76. The molecule has 0 aliphatic heterocycles. The van der Waals surface area contributed by atoms with Gasteiger partial charge in [0.1, 0.15) is 0 Å². The summed E-state index contributed by atoms with van der Waals surface area (Å²) < 4.78 is 0. The van der Waals surface area contributed by atoms with Crippen molar-refractivity contribution in [2.45, 2.75) is 32.6 Å². The Labute approximate surface area is 92.5 Å². The molecular weight excluding hydrogens is 255 g/mol. The zero-order chi connectivity index (χ0) is 9.23. The van der Waals surface area contributed by atoms with Crippen molar-refractivity contribution in [2.75, 3.05) is 0 Å². The molecule has 0 bridgehead atoms. The Morgan fingerprint density at radius 1 is 1.15 bits per heavy atom. The first-order valence-corrected chi connectivity index (χ1v) is 4.24. The van der Waals surface area contributed by atoms with E-state index in [-0.39, 0.29) is 19.5 Å². The molecule has 0 heterocycles. The Bertz CT molecular complexity index is 156. The molecule has 1 radical (unpaired) electrons. The van der Waals surface area contributed by atoms with Crippen LogP contribution in [0.1, 0.15) is 32.6 Å². The van der Waals surface area contributed by atoms with E-state index in [0.717, 1.165) is 6.92 Å². The molecule has 1 N–H and O–H groups in total. The molecule has 2 nitrogen and oxygen atoms in total. The van der Waals surface area contributed by atoms with Crippen molar-refractivity contribution < 1.29 is 29.4 Å². The van der Waals surface area contributed by atoms with E-state index >= 15 is 0 Å². The van der Waals surface area contributed by atoms with Crippen molar-refractivity contribution in [1.29, 1.82) is 0 Å². The number of aliphatic carboxylic acids is 1. The van der Waals surface area contributed by atoms with Gasteiger partial charge < -0.3 is 5.11 Å². The summed E-state index contributed by atoms with van der Waals surface area (Å²) in [5, 5.41) is 7.42. The van der Waals surface area contributed by atoms with Crippen molar-refractivity contribution in [3.63, 3.8) is 0 Å². The first-order chi connectivity index (χ1) is 5.73. The van der Waals surface area contributed by atoms with E-state index in [0.29, 0.717) is 0 Å². The average Bonchev–Trinajstić information content (AvgIpc) is 1.82. The first-order valence-electron chi connectivity index (χ1n) is 4.24. The molecule has 1 aliphatic rings. The first kappa shape index (κ1) is 15.1. The predicted molar refractivity (Wildman–Crippen MR) is 50.1 cm³/mol. The summed E-state index contributed by atoms with van der Waals surface area (Å²) in [4.78, 5) is 9.00. The number of hydrogen-bond acceptors (Lipinski definition) is 1. The summed E-state index contributed by atoms with van der Waals surface area (Å²) in [5.74, 6) is -0.833. The SMILES string of the molecule is C1=C\CCCC\C=C/1.CC(=O)O.[Rh]. The third-order valence-electron chi connectivity index (χ3n) is 1.37. The van der Waals surface area contributed by atoms with Crippen molar-refractivity contribution in [2.24, 2.45) is 0 Å². The number of carboxylic acid groups (broad SMARTS) is 1. The molecule has 0 fully saturated rings. The fraction of sp³-hybridized carbons (Fsp3) is 0.500. The van der Waals surface area contributed by atoms with Gasteiger partial charge in [-0.15, -0.1) is 0 Å². The Morgan fingerprint density at radius 3 is 1.77 bits per heavy atom. The van der Waals surface area contributed by atoms with Crippen LogP contribution in [-0.4, -0.2) is 11.1 Å². The Hall–Kier alpha value is -0.427. The Morgan fingerprint density at radius 2 is 1.46 bits per heavy atom. The van der Waals surface area contributed by atoms with Gasteiger partial charge in [-0.05, 0) is 25.7 Å². The molecule has 3 heteroatoms. The van der Waals surface area contributed by atoms with Crippen molar-refractivity contribution in [3.05, 3.63) is 24.3 Å². The van der Waals surface area contributed by atoms with Gasteiger partial charge in [-0.25, -0.2) is 0 Å². The Kier molecular flexibility index (Phi) is 13.4. The maximum absolute atomic E-state index is 9.00. The van der Waals surface area contributed by atoms with Crippen LogP contribution >= 0.6 is 0 Å². The molecule has 0 saturated heterocycles. The third-order valence-corrected chi connectivity index (χ3v) is 1.37. The van der Waals surface area contributed by atoms with Crippen molar-refractivity contribution in [3.8, 4) is 0 Å². The molecule has 0 saturated carbocycles. The molecule has 0 aromatic heterocycles. The number of carbonyl (C=O) groups is 1. The minimum absolute atomic E-state index is 0. The maximum atomic E-state index is 9.00. The fourth-order valence-electron chi connectivity index (χ4n) is 0.874. The number of hydrogen-bond donors (Lipinski definition) is 1. The smallest absolute Gasteiger partial charge is 0.300 e. The van der Waals surface area contributed by atoms with Gasteiger partial charge in [0.15, 0.2) is 0 Å². The summed E-state index contributed by atoms with van der Waals surface area (Å²) in [6.07, 6.45) is 14.0. The molecule has 0 unspecified atom stereocenters. The van der Waals surface area contributed by atoms with Crippen LogP contribution in [0.15, 0.2) is 24.3 Å². The monoisotopic (exact) mass is 271 g/mol. The fourth-order valence-corrected chi connectivity index (χ4v) is 0.874. The second kappa shape index (κ2) is 11.6. The summed E-state index contributed by atoms with van der Waals surface area (Å²) in [6.45, 7) is 1.08. The van der Waals surface area contributed by atoms with Gasteiger partial charge in [0, 0.05) is 26.4 Å². The van der Waals surface area contributed by atoms with Gasteiger partial charge >= 0.3 is 0 Å². The van der Waals surface area contributed by atoms with Crippen LogP contribution in [0.2, 0.25) is 0 Å². The summed E-state index contributed by atoms with van der Waals surface area (Å²) >= 11 is 0. The minimum atomic E-state index is -0.833. The zero-order valence-electron chi connectivity index (χ0n) is 7.83. The number of allylic oxidation sites excluding steroid dienone is 4. The standard InChI is InChI=1S/C8H12.C2H4O2.Rh/c1-2-4-6-8-7-5-3-1;1-2(3)4;/h1-4H,5-8H2;1H3,(H,3,4);/b3-1-,4-2-;;. The van der Waals surface area contributed by atoms with E-state index < -0.39 is 5.97 Å². The molecule has 0 aromatic rings. The van der Waals surface area contributed by atoms with Gasteiger partial charge in [0.05, 0.1) is 0 Å². The van der Waals surface area contributed by atoms with Crippen LogP contribution in [0.4, 0.5) is 0 Å². The molecule has 0 aromatic carbocycles. The zero-order valence-corrected chi connectivity index (χ0v) is 9.47. The molecule has 1 rings (SSSR count). The number of rotatable bonds is 0. The topological polar surface area (TPSA) is 37.3 Å². The van der Waals surface area contributed by atoms with Crippen LogP contribution < -0.4 is 0 Å². The van der Waals surface area contributed by atoms with E-state index in [2.05, 4.69) is 24.3 Å². The van der Waals surface area contributed by atoms with E-state index in [9.17, 15) is 0 Å². The van der Waals surface area contributed by atoms with E-state index in [1.807, 2.05) is 0 Å². The summed E-state index contributed by atoms with van der Waals surface area (Å²) in [6, 6.07) is 0. The minimum Gasteiger partial charge on any atom is -0.481 e. The van der Waals surface area contributed by atoms with E-state index in [1.54, 1.807) is 0 Å². The third kappa shape index (κ3) is 18.5. The second-order valence-corrected chi connectivity index (χ2v) is 2.66. The van der Waals surface area contributed by atoms with Crippen LogP contribution in [0.5, 0.6) is 0 Å². The van der Waals surface area contributed by atoms with Crippen LogP contribution in [0, 0.1) is 0 Å². The molecular formula is C10H16O2Rh. The number of carboxylic acids is 1. The summed E-state index contributed by atoms with van der Waals surface area (Å²) in [5.41, 5.74) is 0. The van der Waals surface area contributed by atoms with E-state index in [4.69, 9.17) is 9.90 Å². The van der Waals surface area contributed by atoms with E-state index in [1.165, 1.54) is 25.7 Å². The van der Waals surface area contributed by atoms with Crippen molar-refractivity contribution in [1.82, 2.24) is 0 Å². The van der Waals surface area contributed by atoms with Gasteiger partial charge in [-0.1, -0.05) is 24.3 Å². The van der Waals surface area contributed by atoms with Crippen LogP contribution in [0.3, 0.4) is 0 Å². The van der Waals surface area contributed by atoms with Gasteiger partial charge in [-0.3, -0.25) is 4.79 Å². The van der Waals surface area contributed by atoms with Gasteiger partial charge in [-0.2, -0.15) is 0 Å². The summed E-state index contributed by atoms with van der Waals surface area (Å²) in [7, 11) is 0. The molecule has 1 aliphatic carbocycles. The quantitative estimate of drug-likeness (QED) is 0.688. The molecule has 0 spiro atoms. The van der Waals surface area contributed by atoms with Gasteiger partial charge in [0.2, 0.25) is 0 Å². The molecule has 77 valence electrons. The molecule has 0 atom stereocenters. The van der Waals surface area contributed by atoms with Crippen LogP contribution in [0.25, 0.3) is 0 Å². The normalized spacial score (nSPS) is 19.2.